The second kappa shape index (κ2) is 7.11. The maximum atomic E-state index is 13.6. The van der Waals surface area contributed by atoms with Crippen molar-refractivity contribution in [2.24, 2.45) is 13.0 Å². The molecule has 0 atom stereocenters. The summed E-state index contributed by atoms with van der Waals surface area (Å²) in [5, 5.41) is 2.91. The Balaban J connectivity index is 1.64. The first-order valence-corrected chi connectivity index (χ1v) is 9.27. The summed E-state index contributed by atoms with van der Waals surface area (Å²) in [6.45, 7) is 2.36. The Labute approximate surface area is 162 Å². The minimum atomic E-state index is -0.385. The van der Waals surface area contributed by atoms with Crippen LogP contribution in [-0.2, 0) is 7.05 Å². The summed E-state index contributed by atoms with van der Waals surface area (Å²) < 4.78 is 20.7. The van der Waals surface area contributed by atoms with E-state index in [1.54, 1.807) is 42.9 Å². The highest BCUT2D eigenvalue weighted by molar-refractivity contribution is 6.14. The standard InChI is InChI=1S/C22H21FN2O3/c1-13-20(18(12-28-13)15-4-3-5-17(23)8-15)21(26)16-9-19(25(2)11-16)22(27)24-10-14-6-7-14/h3-5,8-9,11-12,14H,6-7,10H2,1-2H3,(H,24,27). The summed E-state index contributed by atoms with van der Waals surface area (Å²) in [6.07, 6.45) is 5.40. The van der Waals surface area contributed by atoms with Crippen molar-refractivity contribution in [3.8, 4) is 11.1 Å². The third-order valence-electron chi connectivity index (χ3n) is 5.09. The lowest BCUT2D eigenvalue weighted by Crippen LogP contribution is -2.27. The minimum absolute atomic E-state index is 0.192. The van der Waals surface area contributed by atoms with Crippen LogP contribution in [0.5, 0.6) is 0 Å². The van der Waals surface area contributed by atoms with Crippen LogP contribution in [0.4, 0.5) is 4.39 Å². The van der Waals surface area contributed by atoms with Gasteiger partial charge in [-0.15, -0.1) is 0 Å². The Morgan fingerprint density at radius 3 is 2.79 bits per heavy atom. The molecule has 0 saturated heterocycles. The topological polar surface area (TPSA) is 64.2 Å². The van der Waals surface area contributed by atoms with Crippen molar-refractivity contribution in [2.75, 3.05) is 6.54 Å². The summed E-state index contributed by atoms with van der Waals surface area (Å²) in [6, 6.07) is 7.62. The molecule has 0 aliphatic heterocycles. The van der Waals surface area contributed by atoms with Gasteiger partial charge in [0.15, 0.2) is 5.78 Å². The Kier molecular flexibility index (Phi) is 4.63. The predicted molar refractivity (Wildman–Crippen MR) is 103 cm³/mol. The Bertz CT molecular complexity index is 1060. The van der Waals surface area contributed by atoms with Crippen LogP contribution in [-0.4, -0.2) is 22.8 Å². The number of ketones is 1. The van der Waals surface area contributed by atoms with Crippen LogP contribution in [0.1, 0.15) is 45.0 Å². The van der Waals surface area contributed by atoms with Gasteiger partial charge in [0.25, 0.3) is 5.91 Å². The summed E-state index contributed by atoms with van der Waals surface area (Å²) >= 11 is 0. The molecule has 0 radical (unpaired) electrons. The number of hydrogen-bond donors (Lipinski definition) is 1. The van der Waals surface area contributed by atoms with E-state index < -0.39 is 0 Å². The third kappa shape index (κ3) is 3.50. The van der Waals surface area contributed by atoms with Crippen molar-refractivity contribution in [1.29, 1.82) is 0 Å². The van der Waals surface area contributed by atoms with Gasteiger partial charge < -0.3 is 14.3 Å². The van der Waals surface area contributed by atoms with Crippen LogP contribution in [0.3, 0.4) is 0 Å². The largest absolute Gasteiger partial charge is 0.468 e. The highest BCUT2D eigenvalue weighted by Crippen LogP contribution is 2.31. The lowest BCUT2D eigenvalue weighted by Gasteiger charge is -2.04. The second-order valence-corrected chi connectivity index (χ2v) is 7.30. The van der Waals surface area contributed by atoms with E-state index in [0.717, 1.165) is 12.8 Å². The van der Waals surface area contributed by atoms with Gasteiger partial charge in [-0.1, -0.05) is 12.1 Å². The van der Waals surface area contributed by atoms with E-state index in [0.29, 0.717) is 46.2 Å². The van der Waals surface area contributed by atoms with Crippen molar-refractivity contribution in [3.63, 3.8) is 0 Å². The van der Waals surface area contributed by atoms with Gasteiger partial charge in [-0.05, 0) is 49.4 Å². The Hall–Kier alpha value is -3.15. The van der Waals surface area contributed by atoms with E-state index in [2.05, 4.69) is 5.32 Å². The van der Waals surface area contributed by atoms with E-state index in [1.807, 2.05) is 0 Å². The number of nitrogens with zero attached hydrogens (tertiary/aromatic N) is 1. The van der Waals surface area contributed by atoms with Crippen molar-refractivity contribution < 1.29 is 18.4 Å². The fraction of sp³-hybridized carbons (Fsp3) is 0.273. The highest BCUT2D eigenvalue weighted by Gasteiger charge is 2.25. The second-order valence-electron chi connectivity index (χ2n) is 7.30. The normalized spacial score (nSPS) is 13.5. The Morgan fingerprint density at radius 2 is 2.07 bits per heavy atom. The zero-order valence-electron chi connectivity index (χ0n) is 15.8. The molecule has 3 aromatic rings. The number of hydrogen-bond acceptors (Lipinski definition) is 3. The van der Waals surface area contributed by atoms with E-state index in [1.165, 1.54) is 18.4 Å². The number of rotatable bonds is 6. The molecule has 2 heterocycles. The van der Waals surface area contributed by atoms with Crippen molar-refractivity contribution in [3.05, 3.63) is 71.2 Å². The molecule has 0 unspecified atom stereocenters. The number of carbonyl (C=O) groups is 2. The average Bonchev–Trinajstić information content (AvgIpc) is 3.30. The summed E-state index contributed by atoms with van der Waals surface area (Å²) in [4.78, 5) is 25.6. The van der Waals surface area contributed by atoms with E-state index in [9.17, 15) is 14.0 Å². The number of amides is 1. The quantitative estimate of drug-likeness (QED) is 0.655. The summed E-state index contributed by atoms with van der Waals surface area (Å²) in [5.74, 6) is 0.190. The number of nitrogens with one attached hydrogen (secondary N) is 1. The fourth-order valence-corrected chi connectivity index (χ4v) is 3.31. The van der Waals surface area contributed by atoms with Crippen molar-refractivity contribution >= 4 is 11.7 Å². The van der Waals surface area contributed by atoms with Gasteiger partial charge in [-0.3, -0.25) is 9.59 Å². The van der Waals surface area contributed by atoms with Gasteiger partial charge in [0.05, 0.1) is 11.8 Å². The number of aryl methyl sites for hydroxylation is 2. The monoisotopic (exact) mass is 380 g/mol. The van der Waals surface area contributed by atoms with Crippen LogP contribution < -0.4 is 5.32 Å². The first-order valence-electron chi connectivity index (χ1n) is 9.27. The number of halogens is 1. The molecule has 4 rings (SSSR count). The molecule has 1 aliphatic rings. The summed E-state index contributed by atoms with van der Waals surface area (Å²) in [7, 11) is 1.73. The molecule has 1 aromatic carbocycles. The predicted octanol–water partition coefficient (Wildman–Crippen LogP) is 4.10. The molecule has 1 fully saturated rings. The van der Waals surface area contributed by atoms with Crippen molar-refractivity contribution in [1.82, 2.24) is 9.88 Å². The molecule has 0 bridgehead atoms. The van der Waals surface area contributed by atoms with E-state index in [4.69, 9.17) is 4.42 Å². The molecule has 1 saturated carbocycles. The highest BCUT2D eigenvalue weighted by atomic mass is 19.1. The maximum absolute atomic E-state index is 13.6. The van der Waals surface area contributed by atoms with Crippen LogP contribution in [0.2, 0.25) is 0 Å². The molecule has 6 heteroatoms. The number of aromatic nitrogens is 1. The molecule has 1 aliphatic carbocycles. The average molecular weight is 380 g/mol. The molecular weight excluding hydrogens is 359 g/mol. The molecule has 1 N–H and O–H groups in total. The van der Waals surface area contributed by atoms with E-state index >= 15 is 0 Å². The SMILES string of the molecule is Cc1occ(-c2cccc(F)c2)c1C(=O)c1cc(C(=O)NCC2CC2)n(C)c1. The number of carbonyl (C=O) groups excluding carboxylic acids is 2. The zero-order valence-corrected chi connectivity index (χ0v) is 15.8. The lowest BCUT2D eigenvalue weighted by atomic mass is 9.97. The van der Waals surface area contributed by atoms with Gasteiger partial charge in [-0.25, -0.2) is 4.39 Å². The summed E-state index contributed by atoms with van der Waals surface area (Å²) in [5.41, 5.74) is 2.30. The van der Waals surface area contributed by atoms with Gasteiger partial charge in [0, 0.05) is 30.9 Å². The third-order valence-corrected chi connectivity index (χ3v) is 5.09. The van der Waals surface area contributed by atoms with Crippen LogP contribution in [0.15, 0.2) is 47.2 Å². The number of benzene rings is 1. The molecule has 2 aromatic heterocycles. The molecule has 5 nitrogen and oxygen atoms in total. The first kappa shape index (κ1) is 18.2. The van der Waals surface area contributed by atoms with Crippen LogP contribution >= 0.6 is 0 Å². The smallest absolute Gasteiger partial charge is 0.267 e. The molecule has 144 valence electrons. The molecule has 1 amide bonds. The van der Waals surface area contributed by atoms with Gasteiger partial charge in [0.1, 0.15) is 17.3 Å². The minimum Gasteiger partial charge on any atom is -0.468 e. The first-order chi connectivity index (χ1) is 13.4. The van der Waals surface area contributed by atoms with E-state index in [-0.39, 0.29) is 17.5 Å². The molecule has 0 spiro atoms. The number of furan rings is 1. The lowest BCUT2D eigenvalue weighted by molar-refractivity contribution is 0.0943. The zero-order chi connectivity index (χ0) is 19.8. The van der Waals surface area contributed by atoms with Crippen LogP contribution in [0, 0.1) is 18.7 Å². The van der Waals surface area contributed by atoms with Gasteiger partial charge in [-0.2, -0.15) is 0 Å². The van der Waals surface area contributed by atoms with Crippen molar-refractivity contribution in [2.45, 2.75) is 19.8 Å². The van der Waals surface area contributed by atoms with Gasteiger partial charge in [0.2, 0.25) is 0 Å². The molecular formula is C22H21FN2O3. The fourth-order valence-electron chi connectivity index (χ4n) is 3.31. The Morgan fingerprint density at radius 1 is 1.29 bits per heavy atom. The van der Waals surface area contributed by atoms with Gasteiger partial charge >= 0.3 is 0 Å². The van der Waals surface area contributed by atoms with Crippen LogP contribution in [0.25, 0.3) is 11.1 Å². The molecule has 28 heavy (non-hydrogen) atoms. The maximum Gasteiger partial charge on any atom is 0.267 e.